The molecule has 0 radical (unpaired) electrons. The van der Waals surface area contributed by atoms with E-state index in [1.807, 2.05) is 0 Å². The first kappa shape index (κ1) is 22.8. The third-order valence-electron chi connectivity index (χ3n) is 4.84. The number of halogens is 1. The number of hydrogen-bond acceptors (Lipinski definition) is 6. The number of hydrogen-bond donors (Lipinski definition) is 0. The molecule has 8 nitrogen and oxygen atoms in total. The highest BCUT2D eigenvalue weighted by Gasteiger charge is 2.25. The van der Waals surface area contributed by atoms with Gasteiger partial charge in [-0.15, -0.1) is 0 Å². The molecule has 168 valence electrons. The molecule has 31 heavy (non-hydrogen) atoms. The van der Waals surface area contributed by atoms with Gasteiger partial charge in [-0.25, -0.2) is 17.6 Å². The third kappa shape index (κ3) is 5.63. The summed E-state index contributed by atoms with van der Waals surface area (Å²) in [6.45, 7) is 4.57. The van der Waals surface area contributed by atoms with Crippen molar-refractivity contribution < 1.29 is 27.1 Å². The van der Waals surface area contributed by atoms with E-state index >= 15 is 0 Å². The van der Waals surface area contributed by atoms with Crippen LogP contribution in [0.3, 0.4) is 0 Å². The summed E-state index contributed by atoms with van der Waals surface area (Å²) in [7, 11) is -3.55. The molecule has 1 aliphatic heterocycles. The van der Waals surface area contributed by atoms with Gasteiger partial charge in [0.1, 0.15) is 17.7 Å². The molecule has 1 amide bonds. The SMILES string of the molecule is CC(C)OC(=O)N1CCC(Oc2ccn(-c3ccc(S(C)(=O)=O)cc3F)c(=O)c2)CC1. The van der Waals surface area contributed by atoms with E-state index in [2.05, 4.69) is 0 Å². The maximum absolute atomic E-state index is 14.4. The fourth-order valence-electron chi connectivity index (χ4n) is 3.27. The molecule has 0 unspecified atom stereocenters. The summed E-state index contributed by atoms with van der Waals surface area (Å²) in [5.74, 6) is -0.475. The van der Waals surface area contributed by atoms with Gasteiger partial charge in [-0.2, -0.15) is 0 Å². The lowest BCUT2D eigenvalue weighted by Crippen LogP contribution is -2.42. The molecule has 0 atom stereocenters. The van der Waals surface area contributed by atoms with Gasteiger partial charge in [-0.3, -0.25) is 9.36 Å². The molecule has 0 spiro atoms. The van der Waals surface area contributed by atoms with Gasteiger partial charge in [0.15, 0.2) is 9.84 Å². The van der Waals surface area contributed by atoms with Crippen molar-refractivity contribution in [2.24, 2.45) is 0 Å². The summed E-state index contributed by atoms with van der Waals surface area (Å²) in [6, 6.07) is 6.19. The average Bonchev–Trinajstić information content (AvgIpc) is 2.68. The summed E-state index contributed by atoms with van der Waals surface area (Å²) in [5.41, 5.74) is -0.567. The van der Waals surface area contributed by atoms with Crippen molar-refractivity contribution in [2.75, 3.05) is 19.3 Å². The van der Waals surface area contributed by atoms with Gasteiger partial charge in [0.2, 0.25) is 0 Å². The highest BCUT2D eigenvalue weighted by Crippen LogP contribution is 2.21. The van der Waals surface area contributed by atoms with E-state index in [0.717, 1.165) is 16.9 Å². The van der Waals surface area contributed by atoms with Crippen molar-refractivity contribution in [1.82, 2.24) is 9.47 Å². The van der Waals surface area contributed by atoms with Crippen molar-refractivity contribution in [3.05, 3.63) is 52.7 Å². The fraction of sp³-hybridized carbons (Fsp3) is 0.429. The Balaban J connectivity index is 1.67. The van der Waals surface area contributed by atoms with Crippen LogP contribution in [-0.4, -0.2) is 55.5 Å². The Hall–Kier alpha value is -2.88. The fourth-order valence-corrected chi connectivity index (χ4v) is 3.90. The zero-order valence-corrected chi connectivity index (χ0v) is 18.4. The molecule has 1 saturated heterocycles. The van der Waals surface area contributed by atoms with E-state index in [1.165, 1.54) is 24.4 Å². The van der Waals surface area contributed by atoms with Gasteiger partial charge in [0, 0.05) is 44.5 Å². The van der Waals surface area contributed by atoms with Crippen LogP contribution in [0.15, 0.2) is 46.2 Å². The quantitative estimate of drug-likeness (QED) is 0.692. The number of carbonyl (C=O) groups is 1. The van der Waals surface area contributed by atoms with Crippen LogP contribution in [0, 0.1) is 5.82 Å². The summed E-state index contributed by atoms with van der Waals surface area (Å²) >= 11 is 0. The minimum absolute atomic E-state index is 0.0547. The highest BCUT2D eigenvalue weighted by atomic mass is 32.2. The van der Waals surface area contributed by atoms with E-state index in [1.54, 1.807) is 24.8 Å². The predicted molar refractivity (Wildman–Crippen MR) is 112 cm³/mol. The van der Waals surface area contributed by atoms with Crippen molar-refractivity contribution >= 4 is 15.9 Å². The minimum atomic E-state index is -3.55. The normalized spacial score (nSPS) is 15.2. The molecule has 0 bridgehead atoms. The molecule has 1 aliphatic rings. The summed E-state index contributed by atoms with van der Waals surface area (Å²) in [6.07, 6.45) is 2.86. The number of likely N-dealkylation sites (tertiary alicyclic amines) is 1. The van der Waals surface area contributed by atoms with E-state index in [-0.39, 0.29) is 28.9 Å². The number of nitrogens with zero attached hydrogens (tertiary/aromatic N) is 2. The van der Waals surface area contributed by atoms with Crippen LogP contribution in [0.5, 0.6) is 5.75 Å². The first-order chi connectivity index (χ1) is 14.5. The first-order valence-corrected chi connectivity index (χ1v) is 11.8. The second-order valence-corrected chi connectivity index (χ2v) is 9.71. The number of ether oxygens (including phenoxy) is 2. The molecule has 0 aliphatic carbocycles. The standard InChI is InChI=1S/C21H25FN2O6S/c1-14(2)29-21(26)23-9-6-15(7-10-23)30-16-8-11-24(20(25)12-16)19-5-4-17(13-18(19)22)31(3,27)28/h4-5,8,11-15H,6-7,9-10H2,1-3H3. The molecule has 0 saturated carbocycles. The van der Waals surface area contributed by atoms with Crippen LogP contribution in [0.4, 0.5) is 9.18 Å². The Labute approximate surface area is 180 Å². The monoisotopic (exact) mass is 452 g/mol. The molecular weight excluding hydrogens is 427 g/mol. The molecule has 2 aromatic rings. The van der Waals surface area contributed by atoms with Gasteiger partial charge in [-0.05, 0) is 38.1 Å². The molecule has 2 heterocycles. The summed E-state index contributed by atoms with van der Waals surface area (Å²) < 4.78 is 49.7. The Bertz CT molecular complexity index is 1120. The second kappa shape index (κ2) is 9.09. The average molecular weight is 453 g/mol. The number of benzene rings is 1. The van der Waals surface area contributed by atoms with Crippen LogP contribution in [-0.2, 0) is 14.6 Å². The molecule has 1 aromatic heterocycles. The van der Waals surface area contributed by atoms with Crippen molar-refractivity contribution in [3.8, 4) is 11.4 Å². The van der Waals surface area contributed by atoms with Crippen molar-refractivity contribution in [1.29, 1.82) is 0 Å². The zero-order chi connectivity index (χ0) is 22.8. The van der Waals surface area contributed by atoms with Gasteiger partial charge < -0.3 is 14.4 Å². The van der Waals surface area contributed by atoms with Gasteiger partial charge >= 0.3 is 6.09 Å². The smallest absolute Gasteiger partial charge is 0.410 e. The lowest BCUT2D eigenvalue weighted by Gasteiger charge is -2.32. The van der Waals surface area contributed by atoms with Crippen LogP contribution in [0.1, 0.15) is 26.7 Å². The summed E-state index contributed by atoms with van der Waals surface area (Å²) in [5, 5.41) is 0. The lowest BCUT2D eigenvalue weighted by molar-refractivity contribution is 0.0516. The van der Waals surface area contributed by atoms with Crippen LogP contribution >= 0.6 is 0 Å². The maximum Gasteiger partial charge on any atom is 0.410 e. The van der Waals surface area contributed by atoms with Gasteiger partial charge in [-0.1, -0.05) is 0 Å². The number of pyridine rings is 1. The number of rotatable bonds is 5. The van der Waals surface area contributed by atoms with Crippen molar-refractivity contribution in [2.45, 2.75) is 43.8 Å². The van der Waals surface area contributed by atoms with Crippen LogP contribution in [0.25, 0.3) is 5.69 Å². The predicted octanol–water partition coefficient (Wildman–Crippen LogP) is 2.77. The Morgan fingerprint density at radius 2 is 1.84 bits per heavy atom. The number of sulfone groups is 1. The number of piperidine rings is 1. The maximum atomic E-state index is 14.4. The highest BCUT2D eigenvalue weighted by molar-refractivity contribution is 7.90. The van der Waals surface area contributed by atoms with E-state index in [0.29, 0.717) is 31.7 Å². The van der Waals surface area contributed by atoms with E-state index in [4.69, 9.17) is 9.47 Å². The number of carbonyl (C=O) groups excluding carboxylic acids is 1. The van der Waals surface area contributed by atoms with Crippen LogP contribution < -0.4 is 10.3 Å². The van der Waals surface area contributed by atoms with Crippen molar-refractivity contribution in [3.63, 3.8) is 0 Å². The zero-order valence-electron chi connectivity index (χ0n) is 17.6. The molecule has 1 aromatic carbocycles. The second-order valence-electron chi connectivity index (χ2n) is 7.69. The first-order valence-electron chi connectivity index (χ1n) is 9.89. The lowest BCUT2D eigenvalue weighted by atomic mass is 10.1. The number of amides is 1. The van der Waals surface area contributed by atoms with Crippen LogP contribution in [0.2, 0.25) is 0 Å². The molecule has 1 fully saturated rings. The van der Waals surface area contributed by atoms with E-state index in [9.17, 15) is 22.4 Å². The Morgan fingerprint density at radius 3 is 2.39 bits per heavy atom. The van der Waals surface area contributed by atoms with Gasteiger partial charge in [0.25, 0.3) is 5.56 Å². The molecular formula is C21H25FN2O6S. The summed E-state index contributed by atoms with van der Waals surface area (Å²) in [4.78, 5) is 25.9. The Morgan fingerprint density at radius 1 is 1.16 bits per heavy atom. The minimum Gasteiger partial charge on any atom is -0.490 e. The number of aromatic nitrogens is 1. The Kier molecular flexibility index (Phi) is 6.68. The third-order valence-corrected chi connectivity index (χ3v) is 5.95. The van der Waals surface area contributed by atoms with Gasteiger partial charge in [0.05, 0.1) is 16.7 Å². The topological polar surface area (TPSA) is 94.9 Å². The molecule has 3 rings (SSSR count). The molecule has 10 heteroatoms. The largest absolute Gasteiger partial charge is 0.490 e. The van der Waals surface area contributed by atoms with E-state index < -0.39 is 21.2 Å². The molecule has 0 N–H and O–H groups in total.